The predicted octanol–water partition coefficient (Wildman–Crippen LogP) is 3.80. The molecule has 0 saturated carbocycles. The van der Waals surface area contributed by atoms with Crippen LogP contribution in [-0.4, -0.2) is 10.8 Å². The number of ketones is 1. The maximum absolute atomic E-state index is 11.3. The number of hydrogen-bond donors (Lipinski definition) is 0. The summed E-state index contributed by atoms with van der Waals surface area (Å²) in [7, 11) is 0. The molecule has 0 aliphatic rings. The lowest BCUT2D eigenvalue weighted by molar-refractivity contribution is 0.101. The van der Waals surface area contributed by atoms with Crippen LogP contribution in [0.15, 0.2) is 18.2 Å². The summed E-state index contributed by atoms with van der Waals surface area (Å²) in [6.45, 7) is 8.04. The molecule has 1 heterocycles. The summed E-state index contributed by atoms with van der Waals surface area (Å²) < 4.78 is 1.10. The van der Waals surface area contributed by atoms with E-state index in [9.17, 15) is 4.79 Å². The molecular formula is C13H15NOS. The predicted molar refractivity (Wildman–Crippen MR) is 68.3 cm³/mol. The van der Waals surface area contributed by atoms with Crippen LogP contribution in [0, 0.1) is 0 Å². The van der Waals surface area contributed by atoms with Gasteiger partial charge < -0.3 is 0 Å². The minimum atomic E-state index is 0.0695. The van der Waals surface area contributed by atoms with Crippen LogP contribution in [0.3, 0.4) is 0 Å². The fourth-order valence-electron chi connectivity index (χ4n) is 1.46. The normalized spacial score (nSPS) is 12.0. The number of hydrogen-bond acceptors (Lipinski definition) is 3. The zero-order chi connectivity index (χ0) is 11.9. The van der Waals surface area contributed by atoms with E-state index in [0.717, 1.165) is 20.8 Å². The first kappa shape index (κ1) is 11.3. The topological polar surface area (TPSA) is 30.0 Å². The molecule has 0 bridgehead atoms. The lowest BCUT2D eigenvalue weighted by atomic mass is 9.98. The quantitative estimate of drug-likeness (QED) is 0.701. The molecule has 0 atom stereocenters. The molecule has 2 nitrogen and oxygen atoms in total. The van der Waals surface area contributed by atoms with E-state index in [0.29, 0.717) is 0 Å². The van der Waals surface area contributed by atoms with Crippen molar-refractivity contribution in [3.63, 3.8) is 0 Å². The third-order valence-corrected chi connectivity index (χ3v) is 3.88. The highest BCUT2D eigenvalue weighted by atomic mass is 32.1. The van der Waals surface area contributed by atoms with Crippen LogP contribution in [0.1, 0.15) is 43.1 Å². The molecule has 0 unspecified atom stereocenters. The van der Waals surface area contributed by atoms with E-state index in [1.165, 1.54) is 0 Å². The third-order valence-electron chi connectivity index (χ3n) is 2.44. The van der Waals surface area contributed by atoms with Gasteiger partial charge in [0, 0.05) is 11.0 Å². The number of thiazole rings is 1. The number of rotatable bonds is 1. The van der Waals surface area contributed by atoms with Crippen molar-refractivity contribution < 1.29 is 4.79 Å². The molecule has 2 aromatic rings. The number of benzene rings is 1. The molecule has 0 saturated heterocycles. The zero-order valence-corrected chi connectivity index (χ0v) is 10.8. The second kappa shape index (κ2) is 3.67. The Morgan fingerprint density at radius 1 is 1.31 bits per heavy atom. The van der Waals surface area contributed by atoms with Gasteiger partial charge in [-0.3, -0.25) is 4.79 Å². The lowest BCUT2D eigenvalue weighted by Gasteiger charge is -2.13. The Balaban J connectivity index is 2.59. The number of carbonyl (C=O) groups is 1. The highest BCUT2D eigenvalue weighted by Crippen LogP contribution is 2.31. The molecular weight excluding hydrogens is 218 g/mol. The first-order valence-corrected chi connectivity index (χ1v) is 6.11. The number of Topliss-reactive ketones (excluding diaryl/α,β-unsaturated/α-hetero) is 1. The Labute approximate surface area is 99.3 Å². The first-order valence-electron chi connectivity index (χ1n) is 5.30. The van der Waals surface area contributed by atoms with Crippen LogP contribution in [-0.2, 0) is 5.41 Å². The van der Waals surface area contributed by atoms with Crippen molar-refractivity contribution in [1.29, 1.82) is 0 Å². The molecule has 0 N–H and O–H groups in total. The van der Waals surface area contributed by atoms with Gasteiger partial charge in [-0.15, -0.1) is 11.3 Å². The molecule has 0 fully saturated rings. The zero-order valence-electron chi connectivity index (χ0n) is 10.00. The van der Waals surface area contributed by atoms with E-state index in [-0.39, 0.29) is 11.2 Å². The molecule has 0 aliphatic carbocycles. The Kier molecular flexibility index (Phi) is 2.58. The molecule has 2 rings (SSSR count). The average Bonchev–Trinajstić information content (AvgIpc) is 2.58. The van der Waals surface area contributed by atoms with Gasteiger partial charge in [0.25, 0.3) is 0 Å². The summed E-state index contributed by atoms with van der Waals surface area (Å²) in [6, 6.07) is 5.71. The Bertz CT molecular complexity index is 549. The van der Waals surface area contributed by atoms with Crippen LogP contribution >= 0.6 is 11.3 Å². The van der Waals surface area contributed by atoms with Gasteiger partial charge in [-0.05, 0) is 25.1 Å². The Morgan fingerprint density at radius 3 is 2.56 bits per heavy atom. The minimum absolute atomic E-state index is 0.0695. The van der Waals surface area contributed by atoms with Gasteiger partial charge in [0.1, 0.15) is 0 Å². The summed E-state index contributed by atoms with van der Waals surface area (Å²) in [5, 5.41) is 1.11. The summed E-state index contributed by atoms with van der Waals surface area (Å²) in [5.41, 5.74) is 1.82. The van der Waals surface area contributed by atoms with Crippen molar-refractivity contribution >= 4 is 27.3 Å². The summed E-state index contributed by atoms with van der Waals surface area (Å²) in [4.78, 5) is 15.9. The molecule has 16 heavy (non-hydrogen) atoms. The number of fused-ring (bicyclic) bond motifs is 1. The lowest BCUT2D eigenvalue weighted by Crippen LogP contribution is -2.09. The summed E-state index contributed by atoms with van der Waals surface area (Å²) in [6.07, 6.45) is 0. The molecule has 1 aromatic heterocycles. The maximum atomic E-state index is 11.3. The van der Waals surface area contributed by atoms with Crippen LogP contribution in [0.25, 0.3) is 10.2 Å². The molecule has 1 aromatic carbocycles. The van der Waals surface area contributed by atoms with Crippen LogP contribution in [0.5, 0.6) is 0 Å². The Hall–Kier alpha value is -1.22. The molecule has 0 amide bonds. The molecule has 0 radical (unpaired) electrons. The standard InChI is InChI=1S/C13H15NOS/c1-8(15)9-5-6-10-11(7-9)16-12(14-10)13(2,3)4/h5-7H,1-4H3. The second-order valence-corrected chi connectivity index (χ2v) is 6.04. The van der Waals surface area contributed by atoms with E-state index in [1.54, 1.807) is 18.3 Å². The minimum Gasteiger partial charge on any atom is -0.295 e. The van der Waals surface area contributed by atoms with Gasteiger partial charge in [-0.25, -0.2) is 4.98 Å². The highest BCUT2D eigenvalue weighted by Gasteiger charge is 2.18. The van der Waals surface area contributed by atoms with Gasteiger partial charge in [-0.2, -0.15) is 0 Å². The van der Waals surface area contributed by atoms with E-state index in [1.807, 2.05) is 18.2 Å². The van der Waals surface area contributed by atoms with Crippen molar-refractivity contribution in [3.8, 4) is 0 Å². The third kappa shape index (κ3) is 2.00. The van der Waals surface area contributed by atoms with E-state index in [4.69, 9.17) is 0 Å². The van der Waals surface area contributed by atoms with Gasteiger partial charge in [0.15, 0.2) is 5.78 Å². The molecule has 84 valence electrons. The molecule has 0 aliphatic heterocycles. The van der Waals surface area contributed by atoms with E-state index < -0.39 is 0 Å². The van der Waals surface area contributed by atoms with Gasteiger partial charge >= 0.3 is 0 Å². The number of carbonyl (C=O) groups excluding carboxylic acids is 1. The molecule has 0 spiro atoms. The SMILES string of the molecule is CC(=O)c1ccc2nc(C(C)(C)C)sc2c1. The fourth-order valence-corrected chi connectivity index (χ4v) is 2.53. The van der Waals surface area contributed by atoms with E-state index >= 15 is 0 Å². The highest BCUT2D eigenvalue weighted by molar-refractivity contribution is 7.18. The number of nitrogens with zero attached hydrogens (tertiary/aromatic N) is 1. The first-order chi connectivity index (χ1) is 7.38. The summed E-state index contributed by atoms with van der Waals surface area (Å²) in [5.74, 6) is 0.104. The Morgan fingerprint density at radius 2 is 2.00 bits per heavy atom. The monoisotopic (exact) mass is 233 g/mol. The van der Waals surface area contributed by atoms with Crippen molar-refractivity contribution in [2.45, 2.75) is 33.1 Å². The van der Waals surface area contributed by atoms with Crippen molar-refractivity contribution in [2.24, 2.45) is 0 Å². The van der Waals surface area contributed by atoms with Crippen LogP contribution < -0.4 is 0 Å². The molecule has 3 heteroatoms. The second-order valence-electron chi connectivity index (χ2n) is 5.01. The van der Waals surface area contributed by atoms with Crippen LogP contribution in [0.2, 0.25) is 0 Å². The van der Waals surface area contributed by atoms with Crippen molar-refractivity contribution in [2.75, 3.05) is 0 Å². The maximum Gasteiger partial charge on any atom is 0.159 e. The summed E-state index contributed by atoms with van der Waals surface area (Å²) >= 11 is 1.67. The van der Waals surface area contributed by atoms with E-state index in [2.05, 4.69) is 25.8 Å². The van der Waals surface area contributed by atoms with Crippen molar-refractivity contribution in [3.05, 3.63) is 28.8 Å². The number of aromatic nitrogens is 1. The van der Waals surface area contributed by atoms with Gasteiger partial charge in [0.05, 0.1) is 15.2 Å². The van der Waals surface area contributed by atoms with Crippen molar-refractivity contribution in [1.82, 2.24) is 4.98 Å². The van der Waals surface area contributed by atoms with Crippen LogP contribution in [0.4, 0.5) is 0 Å². The average molecular weight is 233 g/mol. The van der Waals surface area contributed by atoms with Gasteiger partial charge in [0.2, 0.25) is 0 Å². The largest absolute Gasteiger partial charge is 0.295 e. The van der Waals surface area contributed by atoms with Gasteiger partial charge in [-0.1, -0.05) is 20.8 Å². The fraction of sp³-hybridized carbons (Fsp3) is 0.385. The smallest absolute Gasteiger partial charge is 0.159 e.